The summed E-state index contributed by atoms with van der Waals surface area (Å²) in [5, 5.41) is 12.5. The maximum absolute atomic E-state index is 11.8. The van der Waals surface area contributed by atoms with E-state index < -0.39 is 17.2 Å². The maximum Gasteiger partial charge on any atom is 0.347 e. The van der Waals surface area contributed by atoms with E-state index in [4.69, 9.17) is 9.84 Å². The van der Waals surface area contributed by atoms with E-state index in [0.717, 1.165) is 15.4 Å². The second kappa shape index (κ2) is 4.96. The lowest BCUT2D eigenvalue weighted by Crippen LogP contribution is -2.38. The lowest BCUT2D eigenvalue weighted by Gasteiger charge is -2.07. The molecule has 0 aromatic carbocycles. The number of nitrogens with zero attached hydrogens (tertiary/aromatic N) is 4. The first kappa shape index (κ1) is 13.5. The van der Waals surface area contributed by atoms with Gasteiger partial charge in [-0.05, 0) is 6.07 Å². The van der Waals surface area contributed by atoms with Crippen molar-refractivity contribution in [3.63, 3.8) is 0 Å². The van der Waals surface area contributed by atoms with Crippen LogP contribution < -0.4 is 16.0 Å². The van der Waals surface area contributed by atoms with Crippen molar-refractivity contribution in [1.29, 1.82) is 0 Å². The van der Waals surface area contributed by atoms with E-state index in [1.165, 1.54) is 26.4 Å². The molecule has 0 amide bonds. The second-order valence-corrected chi connectivity index (χ2v) is 3.89. The summed E-state index contributed by atoms with van der Waals surface area (Å²) in [4.78, 5) is 37.7. The first-order valence-corrected chi connectivity index (χ1v) is 5.40. The number of aromatic nitrogens is 4. The minimum absolute atomic E-state index is 0.0353. The van der Waals surface area contributed by atoms with Gasteiger partial charge in [-0.1, -0.05) is 0 Å². The topological polar surface area (TPSA) is 116 Å². The van der Waals surface area contributed by atoms with E-state index in [1.54, 1.807) is 0 Å². The van der Waals surface area contributed by atoms with Crippen LogP contribution in [0.4, 0.5) is 0 Å². The van der Waals surface area contributed by atoms with Gasteiger partial charge >= 0.3 is 23.1 Å². The summed E-state index contributed by atoms with van der Waals surface area (Å²) in [6.45, 7) is 0. The molecule has 9 nitrogen and oxygen atoms in total. The average molecular weight is 278 g/mol. The van der Waals surface area contributed by atoms with Gasteiger partial charge in [0.05, 0.1) is 11.8 Å². The monoisotopic (exact) mass is 278 g/mol. The Bertz CT molecular complexity index is 792. The van der Waals surface area contributed by atoms with E-state index in [-0.39, 0.29) is 17.2 Å². The molecule has 0 aliphatic carbocycles. The molecule has 0 aliphatic heterocycles. The van der Waals surface area contributed by atoms with Gasteiger partial charge in [-0.3, -0.25) is 14.3 Å². The number of ether oxygens (including phenoxy) is 1. The van der Waals surface area contributed by atoms with E-state index in [2.05, 4.69) is 10.1 Å². The molecule has 0 saturated carbocycles. The Morgan fingerprint density at radius 3 is 2.65 bits per heavy atom. The van der Waals surface area contributed by atoms with Crippen LogP contribution in [0.25, 0.3) is 0 Å². The molecule has 0 unspecified atom stereocenters. The highest BCUT2D eigenvalue weighted by atomic mass is 16.5. The second-order valence-electron chi connectivity index (χ2n) is 3.89. The number of hydrogen-bond donors (Lipinski definition) is 1. The molecule has 2 rings (SSSR count). The van der Waals surface area contributed by atoms with Crippen molar-refractivity contribution < 1.29 is 14.6 Å². The number of carboxylic acids is 1. The lowest BCUT2D eigenvalue weighted by molar-refractivity contribution is 0.0696. The number of aromatic carboxylic acids is 1. The summed E-state index contributed by atoms with van der Waals surface area (Å²) in [6, 6.07) is 1.20. The van der Waals surface area contributed by atoms with Crippen LogP contribution in [-0.4, -0.2) is 30.4 Å². The molecule has 0 spiro atoms. The van der Waals surface area contributed by atoms with E-state index in [1.807, 2.05) is 0 Å². The molecule has 104 valence electrons. The van der Waals surface area contributed by atoms with Gasteiger partial charge in [0, 0.05) is 20.3 Å². The first-order chi connectivity index (χ1) is 9.40. The fourth-order valence-electron chi connectivity index (χ4n) is 1.44. The summed E-state index contributed by atoms with van der Waals surface area (Å²) in [7, 11) is 2.64. The predicted molar refractivity (Wildman–Crippen MR) is 66.0 cm³/mol. The molecular formula is C11H10N4O5. The molecule has 0 bridgehead atoms. The molecule has 2 aromatic rings. The van der Waals surface area contributed by atoms with Gasteiger partial charge in [0.15, 0.2) is 0 Å². The van der Waals surface area contributed by atoms with Crippen LogP contribution in [0.5, 0.6) is 11.6 Å². The van der Waals surface area contributed by atoms with Crippen LogP contribution in [0.15, 0.2) is 28.0 Å². The van der Waals surface area contributed by atoms with Gasteiger partial charge in [0.1, 0.15) is 5.75 Å². The van der Waals surface area contributed by atoms with Gasteiger partial charge in [0.2, 0.25) is 0 Å². The van der Waals surface area contributed by atoms with Crippen LogP contribution >= 0.6 is 0 Å². The molecule has 2 heterocycles. The van der Waals surface area contributed by atoms with Crippen molar-refractivity contribution in [2.75, 3.05) is 0 Å². The van der Waals surface area contributed by atoms with Crippen molar-refractivity contribution in [3.05, 3.63) is 44.9 Å². The Hall–Kier alpha value is -2.97. The Balaban J connectivity index is 2.46. The number of aryl methyl sites for hydroxylation is 1. The minimum atomic E-state index is -1.18. The Morgan fingerprint density at radius 1 is 1.30 bits per heavy atom. The lowest BCUT2D eigenvalue weighted by atomic mass is 10.3. The standard InChI is InChI=1S/C11H10N4O5/c1-14-9(16)8(13-15(2)11(14)19)20-7-3-6(10(17)18)4-12-5-7/h3-5H,1-2H3,(H,17,18). The summed E-state index contributed by atoms with van der Waals surface area (Å²) in [5.74, 6) is -1.49. The molecule has 0 atom stereocenters. The average Bonchev–Trinajstić information content (AvgIpc) is 2.42. The van der Waals surface area contributed by atoms with Gasteiger partial charge < -0.3 is 9.84 Å². The van der Waals surface area contributed by atoms with Crippen LogP contribution in [0.2, 0.25) is 0 Å². The number of carboxylic acid groups (broad SMARTS) is 1. The van der Waals surface area contributed by atoms with E-state index in [0.29, 0.717) is 0 Å². The minimum Gasteiger partial charge on any atom is -0.478 e. The zero-order chi connectivity index (χ0) is 14.9. The highest BCUT2D eigenvalue weighted by Gasteiger charge is 2.12. The maximum atomic E-state index is 11.8. The zero-order valence-electron chi connectivity index (χ0n) is 10.6. The highest BCUT2D eigenvalue weighted by molar-refractivity contribution is 5.87. The largest absolute Gasteiger partial charge is 0.478 e. The third kappa shape index (κ3) is 2.41. The smallest absolute Gasteiger partial charge is 0.347 e. The van der Waals surface area contributed by atoms with Crippen LogP contribution in [0.1, 0.15) is 10.4 Å². The highest BCUT2D eigenvalue weighted by Crippen LogP contribution is 2.15. The third-order valence-corrected chi connectivity index (χ3v) is 2.47. The van der Waals surface area contributed by atoms with Crippen molar-refractivity contribution in [2.45, 2.75) is 0 Å². The number of hydrogen-bond acceptors (Lipinski definition) is 6. The third-order valence-electron chi connectivity index (χ3n) is 2.47. The van der Waals surface area contributed by atoms with Gasteiger partial charge in [-0.15, -0.1) is 5.10 Å². The summed E-state index contributed by atoms with van der Waals surface area (Å²) in [5.41, 5.74) is -1.42. The van der Waals surface area contributed by atoms with Gasteiger partial charge in [-0.25, -0.2) is 14.3 Å². The van der Waals surface area contributed by atoms with Gasteiger partial charge in [0.25, 0.3) is 0 Å². The SMILES string of the molecule is Cn1nc(Oc2cncc(C(=O)O)c2)c(=O)n(C)c1=O. The quantitative estimate of drug-likeness (QED) is 0.793. The summed E-state index contributed by atoms with van der Waals surface area (Å²) >= 11 is 0. The van der Waals surface area contributed by atoms with Crippen molar-refractivity contribution in [1.82, 2.24) is 19.3 Å². The Morgan fingerprint density at radius 2 is 2.00 bits per heavy atom. The fraction of sp³-hybridized carbons (Fsp3) is 0.182. The molecule has 0 aliphatic rings. The van der Waals surface area contributed by atoms with Crippen LogP contribution in [0, 0.1) is 0 Å². The molecule has 0 fully saturated rings. The van der Waals surface area contributed by atoms with Crippen LogP contribution in [0.3, 0.4) is 0 Å². The molecular weight excluding hydrogens is 268 g/mol. The molecule has 2 aromatic heterocycles. The molecule has 1 N–H and O–H groups in total. The normalized spacial score (nSPS) is 10.3. The fourth-order valence-corrected chi connectivity index (χ4v) is 1.44. The van der Waals surface area contributed by atoms with Crippen molar-refractivity contribution in [3.8, 4) is 11.6 Å². The number of rotatable bonds is 3. The van der Waals surface area contributed by atoms with Crippen LogP contribution in [-0.2, 0) is 14.1 Å². The zero-order valence-corrected chi connectivity index (χ0v) is 10.6. The Labute approximate surface area is 111 Å². The summed E-state index contributed by atoms with van der Waals surface area (Å²) in [6.07, 6.45) is 2.38. The first-order valence-electron chi connectivity index (χ1n) is 5.40. The molecule has 0 radical (unpaired) electrons. The summed E-state index contributed by atoms with van der Waals surface area (Å²) < 4.78 is 6.95. The Kier molecular flexibility index (Phi) is 3.34. The number of carbonyl (C=O) groups is 1. The predicted octanol–water partition coefficient (Wildman–Crippen LogP) is -0.636. The molecule has 0 saturated heterocycles. The van der Waals surface area contributed by atoms with E-state index in [9.17, 15) is 14.4 Å². The van der Waals surface area contributed by atoms with Crippen molar-refractivity contribution in [2.24, 2.45) is 14.1 Å². The molecule has 9 heteroatoms. The van der Waals surface area contributed by atoms with E-state index >= 15 is 0 Å². The number of pyridine rings is 1. The van der Waals surface area contributed by atoms with Gasteiger partial charge in [-0.2, -0.15) is 0 Å². The van der Waals surface area contributed by atoms with Crippen molar-refractivity contribution >= 4 is 5.97 Å². The molecule has 20 heavy (non-hydrogen) atoms.